The van der Waals surface area contributed by atoms with Crippen LogP contribution in [-0.4, -0.2) is 4.98 Å². The fourth-order valence-corrected chi connectivity index (χ4v) is 2.45. The highest BCUT2D eigenvalue weighted by molar-refractivity contribution is 9.10. The average molecular weight is 300 g/mol. The van der Waals surface area contributed by atoms with Gasteiger partial charge in [0.1, 0.15) is 0 Å². The van der Waals surface area contributed by atoms with Crippen LogP contribution in [0.5, 0.6) is 0 Å². The summed E-state index contributed by atoms with van der Waals surface area (Å²) in [6, 6.07) is 15.7. The summed E-state index contributed by atoms with van der Waals surface area (Å²) in [6.45, 7) is 0. The van der Waals surface area contributed by atoms with Gasteiger partial charge in [0.15, 0.2) is 0 Å². The second-order valence-corrected chi connectivity index (χ2v) is 5.00. The lowest BCUT2D eigenvalue weighted by molar-refractivity contribution is 1.28. The number of hydrogen-bond donors (Lipinski definition) is 1. The first-order valence-corrected chi connectivity index (χ1v) is 6.41. The molecule has 2 nitrogen and oxygen atoms in total. The molecule has 2 aromatic carbocycles. The monoisotopic (exact) mass is 299 g/mol. The molecule has 0 aliphatic heterocycles. The van der Waals surface area contributed by atoms with Crippen LogP contribution in [0.4, 0.5) is 0 Å². The maximum Gasteiger partial charge on any atom is 0.255 e. The predicted molar refractivity (Wildman–Crippen MR) is 77.7 cm³/mol. The summed E-state index contributed by atoms with van der Waals surface area (Å²) < 4.78 is 0.970. The molecular weight excluding hydrogens is 290 g/mol. The molecule has 1 N–H and O–H groups in total. The minimum Gasteiger partial charge on any atom is -0.328 e. The van der Waals surface area contributed by atoms with Gasteiger partial charge in [-0.25, -0.2) is 0 Å². The van der Waals surface area contributed by atoms with Gasteiger partial charge in [0, 0.05) is 21.6 Å². The fourth-order valence-electron chi connectivity index (χ4n) is 2.09. The number of fused-ring (bicyclic) bond motifs is 1. The summed E-state index contributed by atoms with van der Waals surface area (Å²) in [4.78, 5) is 14.6. The second-order valence-electron chi connectivity index (χ2n) is 4.09. The number of aromatic amines is 1. The quantitative estimate of drug-likeness (QED) is 0.725. The molecule has 0 fully saturated rings. The van der Waals surface area contributed by atoms with E-state index in [4.69, 9.17) is 0 Å². The molecule has 0 aliphatic rings. The number of halogens is 1. The third-order valence-corrected chi connectivity index (χ3v) is 3.44. The first-order chi connectivity index (χ1) is 8.75. The lowest BCUT2D eigenvalue weighted by Crippen LogP contribution is -2.05. The molecule has 0 amide bonds. The maximum atomic E-state index is 11.8. The van der Waals surface area contributed by atoms with E-state index in [1.165, 1.54) is 0 Å². The first-order valence-electron chi connectivity index (χ1n) is 5.62. The Labute approximate surface area is 112 Å². The van der Waals surface area contributed by atoms with Gasteiger partial charge in [0.2, 0.25) is 0 Å². The van der Waals surface area contributed by atoms with Gasteiger partial charge in [-0.3, -0.25) is 4.79 Å². The van der Waals surface area contributed by atoms with Crippen LogP contribution in [0.25, 0.3) is 21.9 Å². The number of H-pyrrole nitrogens is 1. The van der Waals surface area contributed by atoms with Crippen LogP contribution in [0.2, 0.25) is 0 Å². The summed E-state index contributed by atoms with van der Waals surface area (Å²) in [7, 11) is 0. The largest absolute Gasteiger partial charge is 0.328 e. The Bertz CT molecular complexity index is 762. The Morgan fingerprint density at radius 1 is 0.944 bits per heavy atom. The molecule has 0 saturated heterocycles. The fraction of sp³-hybridized carbons (Fsp3) is 0. The van der Waals surface area contributed by atoms with Gasteiger partial charge in [-0.1, -0.05) is 46.3 Å². The summed E-state index contributed by atoms with van der Waals surface area (Å²) in [6.07, 6.45) is 1.77. The molecule has 0 radical (unpaired) electrons. The zero-order chi connectivity index (χ0) is 12.5. The van der Waals surface area contributed by atoms with Crippen LogP contribution in [0.1, 0.15) is 0 Å². The smallest absolute Gasteiger partial charge is 0.255 e. The lowest BCUT2D eigenvalue weighted by Gasteiger charge is -2.06. The molecule has 18 heavy (non-hydrogen) atoms. The average Bonchev–Trinajstić information content (AvgIpc) is 2.40. The van der Waals surface area contributed by atoms with Gasteiger partial charge in [-0.15, -0.1) is 0 Å². The normalized spacial score (nSPS) is 10.7. The van der Waals surface area contributed by atoms with Gasteiger partial charge >= 0.3 is 0 Å². The highest BCUT2D eigenvalue weighted by Crippen LogP contribution is 2.27. The maximum absolute atomic E-state index is 11.8. The molecule has 3 aromatic rings. The van der Waals surface area contributed by atoms with E-state index in [0.29, 0.717) is 5.39 Å². The molecule has 0 saturated carbocycles. The number of rotatable bonds is 1. The zero-order valence-electron chi connectivity index (χ0n) is 9.48. The van der Waals surface area contributed by atoms with Crippen molar-refractivity contribution >= 4 is 26.7 Å². The topological polar surface area (TPSA) is 32.9 Å². The number of hydrogen-bond acceptors (Lipinski definition) is 1. The molecule has 1 heterocycles. The summed E-state index contributed by atoms with van der Waals surface area (Å²) in [5, 5.41) is 1.67. The summed E-state index contributed by atoms with van der Waals surface area (Å²) >= 11 is 3.45. The zero-order valence-corrected chi connectivity index (χ0v) is 11.1. The molecule has 0 spiro atoms. The van der Waals surface area contributed by atoms with E-state index in [0.717, 1.165) is 21.0 Å². The third kappa shape index (κ3) is 1.87. The van der Waals surface area contributed by atoms with Gasteiger partial charge in [0.25, 0.3) is 5.56 Å². The van der Waals surface area contributed by atoms with E-state index in [1.807, 2.05) is 48.5 Å². The van der Waals surface area contributed by atoms with Crippen LogP contribution >= 0.6 is 15.9 Å². The van der Waals surface area contributed by atoms with Crippen molar-refractivity contribution < 1.29 is 0 Å². The number of aromatic nitrogens is 1. The molecule has 0 aliphatic carbocycles. The van der Waals surface area contributed by atoms with Crippen molar-refractivity contribution in [3.05, 3.63) is 69.6 Å². The van der Waals surface area contributed by atoms with Gasteiger partial charge < -0.3 is 4.98 Å². The second kappa shape index (κ2) is 4.42. The lowest BCUT2D eigenvalue weighted by atomic mass is 10.0. The molecule has 3 rings (SSSR count). The summed E-state index contributed by atoms with van der Waals surface area (Å²) in [5.41, 5.74) is 2.07. The molecule has 0 atom stereocenters. The molecule has 1 aromatic heterocycles. The minimum absolute atomic E-state index is 0.0582. The Kier molecular flexibility index (Phi) is 2.76. The first kappa shape index (κ1) is 11.2. The van der Waals surface area contributed by atoms with E-state index in [-0.39, 0.29) is 5.56 Å². The van der Waals surface area contributed by atoms with Gasteiger partial charge in [-0.2, -0.15) is 0 Å². The minimum atomic E-state index is -0.0582. The molecular formula is C15H10BrNO. The van der Waals surface area contributed by atoms with Crippen molar-refractivity contribution in [3.8, 4) is 11.1 Å². The van der Waals surface area contributed by atoms with E-state index in [9.17, 15) is 4.79 Å². The molecule has 3 heteroatoms. The Morgan fingerprint density at radius 3 is 2.50 bits per heavy atom. The van der Waals surface area contributed by atoms with E-state index < -0.39 is 0 Å². The van der Waals surface area contributed by atoms with Crippen LogP contribution in [-0.2, 0) is 0 Å². The molecule has 0 unspecified atom stereocenters. The van der Waals surface area contributed by atoms with Gasteiger partial charge in [-0.05, 0) is 29.1 Å². The van der Waals surface area contributed by atoms with Crippen LogP contribution in [0.15, 0.2) is 64.0 Å². The Morgan fingerprint density at radius 2 is 1.72 bits per heavy atom. The van der Waals surface area contributed by atoms with Crippen molar-refractivity contribution in [2.24, 2.45) is 0 Å². The Hall–Kier alpha value is -1.87. The van der Waals surface area contributed by atoms with Crippen molar-refractivity contribution in [2.45, 2.75) is 0 Å². The number of pyridine rings is 1. The third-order valence-electron chi connectivity index (χ3n) is 2.95. The SMILES string of the molecule is O=c1[nH]cc(-c2ccccc2)c2cc(Br)ccc12. The van der Waals surface area contributed by atoms with E-state index >= 15 is 0 Å². The highest BCUT2D eigenvalue weighted by atomic mass is 79.9. The van der Waals surface area contributed by atoms with Crippen molar-refractivity contribution in [3.63, 3.8) is 0 Å². The van der Waals surface area contributed by atoms with Crippen LogP contribution in [0.3, 0.4) is 0 Å². The van der Waals surface area contributed by atoms with E-state index in [2.05, 4.69) is 20.9 Å². The van der Waals surface area contributed by atoms with Crippen LogP contribution in [0, 0.1) is 0 Å². The number of benzene rings is 2. The van der Waals surface area contributed by atoms with Gasteiger partial charge in [0.05, 0.1) is 0 Å². The Balaban J connectivity index is 2.41. The van der Waals surface area contributed by atoms with Crippen LogP contribution < -0.4 is 5.56 Å². The standard InChI is InChI=1S/C15H10BrNO/c16-11-6-7-12-13(8-11)14(9-17-15(12)18)10-4-2-1-3-5-10/h1-9H,(H,17,18). The molecule has 0 bridgehead atoms. The van der Waals surface area contributed by atoms with Crippen molar-refractivity contribution in [1.29, 1.82) is 0 Å². The van der Waals surface area contributed by atoms with Crippen molar-refractivity contribution in [2.75, 3.05) is 0 Å². The predicted octanol–water partition coefficient (Wildman–Crippen LogP) is 3.96. The number of nitrogens with one attached hydrogen (secondary N) is 1. The highest BCUT2D eigenvalue weighted by Gasteiger charge is 2.06. The van der Waals surface area contributed by atoms with Crippen molar-refractivity contribution in [1.82, 2.24) is 4.98 Å². The summed E-state index contributed by atoms with van der Waals surface area (Å²) in [5.74, 6) is 0. The molecule has 88 valence electrons. The van der Waals surface area contributed by atoms with E-state index in [1.54, 1.807) is 6.20 Å².